The Morgan fingerprint density at radius 2 is 1.76 bits per heavy atom. The zero-order valence-corrected chi connectivity index (χ0v) is 26.3. The van der Waals surface area contributed by atoms with Gasteiger partial charge in [-0.15, -0.1) is 0 Å². The Bertz CT molecular complexity index is 1840. The van der Waals surface area contributed by atoms with Gasteiger partial charge in [0.2, 0.25) is 5.95 Å². The van der Waals surface area contributed by atoms with Gasteiger partial charge < -0.3 is 20.9 Å². The Morgan fingerprint density at radius 1 is 1.04 bits per heavy atom. The van der Waals surface area contributed by atoms with Crippen LogP contribution in [-0.2, 0) is 6.18 Å². The summed E-state index contributed by atoms with van der Waals surface area (Å²) in [6, 6.07) is 12.1. The zero-order chi connectivity index (χ0) is 32.8. The third-order valence-corrected chi connectivity index (χ3v) is 9.08. The van der Waals surface area contributed by atoms with Gasteiger partial charge in [0, 0.05) is 66.0 Å². The first-order chi connectivity index (χ1) is 21.9. The van der Waals surface area contributed by atoms with Crippen molar-refractivity contribution in [3.63, 3.8) is 0 Å². The number of fused-ring (bicyclic) bond motifs is 2. The first kappa shape index (κ1) is 31.5. The van der Waals surface area contributed by atoms with E-state index in [1.807, 2.05) is 39.8 Å². The van der Waals surface area contributed by atoms with Gasteiger partial charge in [-0.3, -0.25) is 14.2 Å². The van der Waals surface area contributed by atoms with E-state index in [-0.39, 0.29) is 40.2 Å². The van der Waals surface area contributed by atoms with E-state index in [4.69, 9.17) is 0 Å². The topological polar surface area (TPSA) is 104 Å². The maximum absolute atomic E-state index is 14.4. The fourth-order valence-electron chi connectivity index (χ4n) is 6.75. The Kier molecular flexibility index (Phi) is 8.26. The number of Topliss-reactive ketones (excluding diaryl/α,β-unsaturated/α-hetero) is 1. The number of nitrogens with one attached hydrogen (secondary N) is 3. The maximum atomic E-state index is 14.4. The molecule has 3 N–H and O–H groups in total. The molecule has 0 bridgehead atoms. The van der Waals surface area contributed by atoms with Crippen molar-refractivity contribution in [2.45, 2.75) is 64.2 Å². The van der Waals surface area contributed by atoms with E-state index in [1.54, 1.807) is 35.4 Å². The third-order valence-electron chi connectivity index (χ3n) is 9.08. The summed E-state index contributed by atoms with van der Waals surface area (Å²) in [7, 11) is 0. The van der Waals surface area contributed by atoms with E-state index in [0.717, 1.165) is 18.9 Å². The van der Waals surface area contributed by atoms with E-state index < -0.39 is 23.3 Å². The number of halogens is 3. The molecule has 2 aromatic heterocycles. The van der Waals surface area contributed by atoms with Crippen molar-refractivity contribution < 1.29 is 18.0 Å². The zero-order valence-electron chi connectivity index (χ0n) is 26.3. The van der Waals surface area contributed by atoms with Crippen LogP contribution in [0.4, 0.5) is 36.2 Å². The Hall–Kier alpha value is -4.45. The monoisotopic (exact) mass is 633 g/mol. The van der Waals surface area contributed by atoms with Gasteiger partial charge in [0.05, 0.1) is 11.1 Å². The van der Waals surface area contributed by atoms with E-state index in [9.17, 15) is 22.8 Å². The van der Waals surface area contributed by atoms with Crippen LogP contribution in [0.25, 0.3) is 11.0 Å². The highest BCUT2D eigenvalue weighted by atomic mass is 19.4. The summed E-state index contributed by atoms with van der Waals surface area (Å²) >= 11 is 0. The average Bonchev–Trinajstić information content (AvgIpc) is 3.03. The number of anilines is 4. The number of benzene rings is 2. The lowest BCUT2D eigenvalue weighted by Gasteiger charge is -2.41. The second-order valence-corrected chi connectivity index (χ2v) is 12.5. The number of nitrogens with zero attached hydrogens (tertiary/aromatic N) is 4. The van der Waals surface area contributed by atoms with Gasteiger partial charge in [-0.1, -0.05) is 26.0 Å². The van der Waals surface area contributed by atoms with Crippen molar-refractivity contribution in [3.05, 3.63) is 81.8 Å². The standard InChI is InChI=1S/C34H38F3N7O2/c1-5-20(6-2)24-17-21-19-39-32(40-22-11-12-27(25(18-22)34(35,36)37)43-15-13-38-14-16-43)41-30(21)44(31(24)46)29-28(45)23-9-7-8-10-26(23)42-33(29,3)4/h7-12,17-20,29,38,42H,5-6,13-16H2,1-4H3,(H,39,40,41). The molecule has 0 aliphatic carbocycles. The van der Waals surface area contributed by atoms with Gasteiger partial charge in [0.15, 0.2) is 5.78 Å². The highest BCUT2D eigenvalue weighted by Crippen LogP contribution is 2.40. The SMILES string of the molecule is CCC(CC)c1cc2cnc(Nc3ccc(N4CCNCC4)c(C(F)(F)F)c3)nc2n(C2C(=O)c3ccccc3NC2(C)C)c1=O. The minimum atomic E-state index is -4.58. The van der Waals surface area contributed by atoms with Gasteiger partial charge in [-0.2, -0.15) is 18.2 Å². The molecule has 1 unspecified atom stereocenters. The quantitative estimate of drug-likeness (QED) is 0.212. The van der Waals surface area contributed by atoms with Crippen molar-refractivity contribution in [2.75, 3.05) is 41.7 Å². The third kappa shape index (κ3) is 5.70. The highest BCUT2D eigenvalue weighted by molar-refractivity contribution is 6.07. The Balaban J connectivity index is 1.48. The predicted molar refractivity (Wildman–Crippen MR) is 174 cm³/mol. The van der Waals surface area contributed by atoms with Crippen LogP contribution in [0.2, 0.25) is 0 Å². The number of para-hydroxylation sites is 1. The molecule has 4 heterocycles. The first-order valence-electron chi connectivity index (χ1n) is 15.7. The molecule has 0 spiro atoms. The molecule has 1 saturated heterocycles. The summed E-state index contributed by atoms with van der Waals surface area (Å²) in [6.07, 6.45) is -1.57. The van der Waals surface area contributed by atoms with Crippen LogP contribution in [-0.4, -0.2) is 52.0 Å². The Labute approximate surface area is 265 Å². The number of hydrogen-bond donors (Lipinski definition) is 3. The van der Waals surface area contributed by atoms with Crippen LogP contribution in [0.1, 0.15) is 74.0 Å². The second-order valence-electron chi connectivity index (χ2n) is 12.5. The number of carbonyl (C=O) groups excluding carboxylic acids is 1. The summed E-state index contributed by atoms with van der Waals surface area (Å²) in [4.78, 5) is 39.3. The first-order valence-corrected chi connectivity index (χ1v) is 15.7. The highest BCUT2D eigenvalue weighted by Gasteiger charge is 2.44. The fourth-order valence-corrected chi connectivity index (χ4v) is 6.75. The van der Waals surface area contributed by atoms with Crippen molar-refractivity contribution in [3.8, 4) is 0 Å². The molecule has 2 aliphatic heterocycles. The van der Waals surface area contributed by atoms with Gasteiger partial charge >= 0.3 is 6.18 Å². The smallest absolute Gasteiger partial charge is 0.377 e. The lowest BCUT2D eigenvalue weighted by atomic mass is 9.82. The van der Waals surface area contributed by atoms with Crippen LogP contribution in [0.5, 0.6) is 0 Å². The van der Waals surface area contributed by atoms with Crippen LogP contribution >= 0.6 is 0 Å². The molecule has 1 atom stereocenters. The number of hydrogen-bond acceptors (Lipinski definition) is 8. The molecule has 2 aromatic carbocycles. The van der Waals surface area contributed by atoms with Gasteiger partial charge in [-0.05, 0) is 69.0 Å². The number of ketones is 1. The van der Waals surface area contributed by atoms with Crippen molar-refractivity contribution in [1.82, 2.24) is 19.9 Å². The number of pyridine rings is 1. The van der Waals surface area contributed by atoms with E-state index in [1.165, 1.54) is 10.6 Å². The number of carbonyl (C=O) groups is 1. The molecule has 2 aliphatic rings. The molecule has 12 heteroatoms. The summed E-state index contributed by atoms with van der Waals surface area (Å²) in [5.41, 5.74) is 0.255. The second kappa shape index (κ2) is 12.1. The van der Waals surface area contributed by atoms with Crippen molar-refractivity contribution >= 4 is 39.8 Å². The van der Waals surface area contributed by atoms with E-state index in [2.05, 4.69) is 25.9 Å². The number of rotatable bonds is 7. The molecule has 242 valence electrons. The summed E-state index contributed by atoms with van der Waals surface area (Å²) in [5.74, 6) is -0.262. The number of piperazine rings is 1. The van der Waals surface area contributed by atoms with Crippen molar-refractivity contribution in [2.24, 2.45) is 0 Å². The van der Waals surface area contributed by atoms with E-state index >= 15 is 0 Å². The number of alkyl halides is 3. The van der Waals surface area contributed by atoms with Gasteiger partial charge in [0.25, 0.3) is 5.56 Å². The van der Waals surface area contributed by atoms with Gasteiger partial charge in [0.1, 0.15) is 11.7 Å². The lowest BCUT2D eigenvalue weighted by Crippen LogP contribution is -2.52. The molecular weight excluding hydrogens is 595 g/mol. The maximum Gasteiger partial charge on any atom is 0.418 e. The number of aromatic nitrogens is 3. The molecule has 1 fully saturated rings. The summed E-state index contributed by atoms with van der Waals surface area (Å²) in [6.45, 7) is 9.91. The molecule has 4 aromatic rings. The molecular formula is C34H38F3N7O2. The normalized spacial score (nSPS) is 18.0. The molecule has 6 rings (SSSR count). The minimum absolute atomic E-state index is 0.00778. The largest absolute Gasteiger partial charge is 0.418 e. The van der Waals surface area contributed by atoms with Crippen LogP contribution < -0.4 is 26.4 Å². The molecule has 46 heavy (non-hydrogen) atoms. The van der Waals surface area contributed by atoms with Crippen LogP contribution in [0.3, 0.4) is 0 Å². The van der Waals surface area contributed by atoms with E-state index in [0.29, 0.717) is 48.4 Å². The molecule has 9 nitrogen and oxygen atoms in total. The minimum Gasteiger partial charge on any atom is -0.377 e. The molecule has 0 saturated carbocycles. The van der Waals surface area contributed by atoms with Crippen LogP contribution in [0.15, 0.2) is 59.5 Å². The average molecular weight is 634 g/mol. The van der Waals surface area contributed by atoms with Gasteiger partial charge in [-0.25, -0.2) is 4.98 Å². The van der Waals surface area contributed by atoms with Crippen LogP contribution in [0, 0.1) is 0 Å². The fraction of sp³-hybridized carbons (Fsp3) is 0.412. The summed E-state index contributed by atoms with van der Waals surface area (Å²) < 4.78 is 44.2. The summed E-state index contributed by atoms with van der Waals surface area (Å²) in [5, 5.41) is 10.1. The molecule has 0 radical (unpaired) electrons. The molecule has 0 amide bonds. The lowest BCUT2D eigenvalue weighted by molar-refractivity contribution is -0.137. The Morgan fingerprint density at radius 3 is 2.46 bits per heavy atom. The predicted octanol–water partition coefficient (Wildman–Crippen LogP) is 6.50. The van der Waals surface area contributed by atoms with Crippen molar-refractivity contribution in [1.29, 1.82) is 0 Å².